The topological polar surface area (TPSA) is 71.4 Å². The first-order valence-electron chi connectivity index (χ1n) is 5.99. The normalized spacial score (nSPS) is 13.1. The van der Waals surface area contributed by atoms with Gasteiger partial charge in [-0.25, -0.2) is 0 Å². The molecule has 4 nitrogen and oxygen atoms in total. The van der Waals surface area contributed by atoms with Crippen LogP contribution in [-0.2, 0) is 22.4 Å². The van der Waals surface area contributed by atoms with Crippen molar-refractivity contribution < 1.29 is 19.5 Å². The van der Waals surface area contributed by atoms with Crippen molar-refractivity contribution in [2.45, 2.75) is 32.1 Å². The highest BCUT2D eigenvalue weighted by atomic mass is 16.4. The molecule has 0 spiro atoms. The van der Waals surface area contributed by atoms with Crippen LogP contribution >= 0.6 is 0 Å². The molecule has 0 fully saturated rings. The van der Waals surface area contributed by atoms with E-state index in [0.29, 0.717) is 5.56 Å². The van der Waals surface area contributed by atoms with Crippen molar-refractivity contribution in [3.63, 3.8) is 0 Å². The summed E-state index contributed by atoms with van der Waals surface area (Å²) in [6.07, 6.45) is 2.53. The fourth-order valence-electron chi connectivity index (χ4n) is 2.21. The summed E-state index contributed by atoms with van der Waals surface area (Å²) in [6, 6.07) is 5.31. The van der Waals surface area contributed by atoms with E-state index < -0.39 is 17.5 Å². The smallest absolute Gasteiger partial charge is 0.303 e. The zero-order valence-corrected chi connectivity index (χ0v) is 9.94. The summed E-state index contributed by atoms with van der Waals surface area (Å²) in [5.41, 5.74) is 2.75. The third-order valence-corrected chi connectivity index (χ3v) is 3.18. The van der Waals surface area contributed by atoms with Gasteiger partial charge in [0.05, 0.1) is 6.42 Å². The number of aryl methyl sites for hydroxylation is 2. The van der Waals surface area contributed by atoms with Gasteiger partial charge in [-0.3, -0.25) is 14.4 Å². The lowest BCUT2D eigenvalue weighted by Crippen LogP contribution is -2.15. The molecule has 0 aliphatic heterocycles. The van der Waals surface area contributed by atoms with Gasteiger partial charge in [0, 0.05) is 12.0 Å². The molecule has 0 radical (unpaired) electrons. The van der Waals surface area contributed by atoms with Crippen LogP contribution in [0.15, 0.2) is 18.2 Å². The number of carboxylic acids is 1. The maximum atomic E-state index is 11.8. The zero-order chi connectivity index (χ0) is 13.1. The van der Waals surface area contributed by atoms with Gasteiger partial charge >= 0.3 is 5.97 Å². The highest BCUT2D eigenvalue weighted by Gasteiger charge is 2.19. The van der Waals surface area contributed by atoms with Crippen LogP contribution in [0.2, 0.25) is 0 Å². The summed E-state index contributed by atoms with van der Waals surface area (Å²) in [7, 11) is 0. The van der Waals surface area contributed by atoms with Gasteiger partial charge in [-0.05, 0) is 36.5 Å². The molecule has 0 saturated heterocycles. The summed E-state index contributed by atoms with van der Waals surface area (Å²) in [4.78, 5) is 33.7. The van der Waals surface area contributed by atoms with Gasteiger partial charge in [-0.1, -0.05) is 12.1 Å². The molecule has 0 bridgehead atoms. The van der Waals surface area contributed by atoms with Gasteiger partial charge in [0.15, 0.2) is 0 Å². The van der Waals surface area contributed by atoms with Crippen LogP contribution in [0.3, 0.4) is 0 Å². The molecular formula is C14H14O4. The minimum absolute atomic E-state index is 0.231. The van der Waals surface area contributed by atoms with Crippen molar-refractivity contribution in [1.82, 2.24) is 0 Å². The number of fused-ring (bicyclic) bond motifs is 1. The Morgan fingerprint density at radius 1 is 1.06 bits per heavy atom. The first kappa shape index (κ1) is 12.5. The summed E-state index contributed by atoms with van der Waals surface area (Å²) in [5.74, 6) is -2.27. The SMILES string of the molecule is O=C(O)CCC(=O)C(=O)c1ccc2c(c1)CCC2. The van der Waals surface area contributed by atoms with E-state index in [1.807, 2.05) is 6.07 Å². The van der Waals surface area contributed by atoms with E-state index in [1.165, 1.54) is 5.56 Å². The molecule has 0 saturated carbocycles. The first-order valence-corrected chi connectivity index (χ1v) is 5.99. The average molecular weight is 246 g/mol. The van der Waals surface area contributed by atoms with Crippen LogP contribution in [0.1, 0.15) is 40.7 Å². The Morgan fingerprint density at radius 2 is 1.78 bits per heavy atom. The lowest BCUT2D eigenvalue weighted by atomic mass is 10.00. The molecule has 1 aromatic carbocycles. The van der Waals surface area contributed by atoms with Gasteiger partial charge in [-0.2, -0.15) is 0 Å². The Morgan fingerprint density at radius 3 is 2.50 bits per heavy atom. The molecule has 0 heterocycles. The van der Waals surface area contributed by atoms with E-state index in [2.05, 4.69) is 0 Å². The number of hydrogen-bond acceptors (Lipinski definition) is 3. The van der Waals surface area contributed by atoms with Gasteiger partial charge in [0.2, 0.25) is 11.6 Å². The Balaban J connectivity index is 2.09. The second-order valence-corrected chi connectivity index (χ2v) is 4.48. The van der Waals surface area contributed by atoms with Crippen molar-refractivity contribution in [1.29, 1.82) is 0 Å². The van der Waals surface area contributed by atoms with E-state index in [1.54, 1.807) is 12.1 Å². The second kappa shape index (κ2) is 5.12. The predicted molar refractivity (Wildman–Crippen MR) is 64.7 cm³/mol. The number of rotatable bonds is 5. The Labute approximate surface area is 105 Å². The van der Waals surface area contributed by atoms with Crippen LogP contribution in [0, 0.1) is 0 Å². The Bertz CT molecular complexity index is 517. The molecule has 1 N–H and O–H groups in total. The van der Waals surface area contributed by atoms with E-state index in [-0.39, 0.29) is 12.8 Å². The van der Waals surface area contributed by atoms with Crippen LogP contribution in [0.25, 0.3) is 0 Å². The molecular weight excluding hydrogens is 232 g/mol. The Kier molecular flexibility index (Phi) is 3.55. The van der Waals surface area contributed by atoms with Crippen molar-refractivity contribution in [2.24, 2.45) is 0 Å². The number of benzene rings is 1. The minimum atomic E-state index is -1.06. The molecule has 0 unspecified atom stereocenters. The van der Waals surface area contributed by atoms with Crippen LogP contribution in [0.4, 0.5) is 0 Å². The first-order chi connectivity index (χ1) is 8.58. The molecule has 4 heteroatoms. The average Bonchev–Trinajstić information content (AvgIpc) is 2.81. The molecule has 2 rings (SSSR count). The zero-order valence-electron chi connectivity index (χ0n) is 9.94. The molecule has 0 atom stereocenters. The van der Waals surface area contributed by atoms with Crippen molar-refractivity contribution >= 4 is 17.5 Å². The highest BCUT2D eigenvalue weighted by molar-refractivity contribution is 6.43. The summed E-state index contributed by atoms with van der Waals surface area (Å²) in [6.45, 7) is 0. The number of carbonyl (C=O) groups is 3. The lowest BCUT2D eigenvalue weighted by Gasteiger charge is -2.03. The number of ketones is 2. The number of carbonyl (C=O) groups excluding carboxylic acids is 2. The quantitative estimate of drug-likeness (QED) is 0.635. The van der Waals surface area contributed by atoms with E-state index in [4.69, 9.17) is 5.11 Å². The van der Waals surface area contributed by atoms with Crippen LogP contribution in [-0.4, -0.2) is 22.6 Å². The molecule has 0 aromatic heterocycles. The number of Topliss-reactive ketones (excluding diaryl/α,β-unsaturated/α-hetero) is 2. The summed E-state index contributed by atoms with van der Waals surface area (Å²) in [5, 5.41) is 8.48. The molecule has 1 aliphatic carbocycles. The van der Waals surface area contributed by atoms with Crippen LogP contribution < -0.4 is 0 Å². The van der Waals surface area contributed by atoms with Gasteiger partial charge < -0.3 is 5.11 Å². The third kappa shape index (κ3) is 2.64. The number of carboxylic acid groups (broad SMARTS) is 1. The van der Waals surface area contributed by atoms with E-state index >= 15 is 0 Å². The Hall–Kier alpha value is -1.97. The lowest BCUT2D eigenvalue weighted by molar-refractivity contribution is -0.138. The molecule has 18 heavy (non-hydrogen) atoms. The highest BCUT2D eigenvalue weighted by Crippen LogP contribution is 2.23. The van der Waals surface area contributed by atoms with Crippen molar-refractivity contribution in [3.05, 3.63) is 34.9 Å². The number of hydrogen-bond donors (Lipinski definition) is 1. The maximum absolute atomic E-state index is 11.8. The standard InChI is InChI=1S/C14H14O4/c15-12(6-7-13(16)17)14(18)11-5-4-9-2-1-3-10(9)8-11/h4-5,8H,1-3,6-7H2,(H,16,17). The van der Waals surface area contributed by atoms with Crippen molar-refractivity contribution in [3.8, 4) is 0 Å². The van der Waals surface area contributed by atoms with Gasteiger partial charge in [-0.15, -0.1) is 0 Å². The molecule has 94 valence electrons. The monoisotopic (exact) mass is 246 g/mol. The summed E-state index contributed by atoms with van der Waals surface area (Å²) < 4.78 is 0. The van der Waals surface area contributed by atoms with Gasteiger partial charge in [0.25, 0.3) is 0 Å². The molecule has 1 aliphatic rings. The van der Waals surface area contributed by atoms with Crippen molar-refractivity contribution in [2.75, 3.05) is 0 Å². The summed E-state index contributed by atoms with van der Waals surface area (Å²) >= 11 is 0. The third-order valence-electron chi connectivity index (χ3n) is 3.18. The van der Waals surface area contributed by atoms with Crippen LogP contribution in [0.5, 0.6) is 0 Å². The van der Waals surface area contributed by atoms with E-state index in [9.17, 15) is 14.4 Å². The largest absolute Gasteiger partial charge is 0.481 e. The second-order valence-electron chi connectivity index (χ2n) is 4.48. The fraction of sp³-hybridized carbons (Fsp3) is 0.357. The molecule has 1 aromatic rings. The maximum Gasteiger partial charge on any atom is 0.303 e. The number of aliphatic carboxylic acids is 1. The predicted octanol–water partition coefficient (Wildman–Crippen LogP) is 1.79. The van der Waals surface area contributed by atoms with E-state index in [0.717, 1.165) is 24.8 Å². The minimum Gasteiger partial charge on any atom is -0.481 e. The molecule has 0 amide bonds. The van der Waals surface area contributed by atoms with Gasteiger partial charge in [0.1, 0.15) is 0 Å². The fourth-order valence-corrected chi connectivity index (χ4v) is 2.21.